The predicted octanol–water partition coefficient (Wildman–Crippen LogP) is 3.86. The quantitative estimate of drug-likeness (QED) is 0.514. The molecule has 6 heteroatoms. The van der Waals surface area contributed by atoms with Crippen LogP contribution < -0.4 is 5.56 Å². The maximum absolute atomic E-state index is 12.9. The van der Waals surface area contributed by atoms with Crippen LogP contribution in [0.2, 0.25) is 0 Å². The molecule has 0 unspecified atom stereocenters. The number of aryl methyl sites for hydroxylation is 3. The molecule has 0 saturated carbocycles. The molecule has 0 bridgehead atoms. The summed E-state index contributed by atoms with van der Waals surface area (Å²) in [6, 6.07) is 17.8. The van der Waals surface area contributed by atoms with Crippen LogP contribution in [0.25, 0.3) is 38.9 Å². The minimum Gasteiger partial charge on any atom is -0.296 e. The van der Waals surface area contributed by atoms with E-state index in [9.17, 15) is 4.79 Å². The molecule has 0 radical (unpaired) electrons. The van der Waals surface area contributed by atoms with Gasteiger partial charge >= 0.3 is 0 Å². The molecule has 5 aromatic rings. The van der Waals surface area contributed by atoms with Crippen molar-refractivity contribution in [1.29, 1.82) is 0 Å². The minimum absolute atomic E-state index is 0.0331. The molecule has 6 nitrogen and oxygen atoms in total. The highest BCUT2D eigenvalue weighted by atomic mass is 16.1. The average Bonchev–Trinajstić information content (AvgIpc) is 3.30. The van der Waals surface area contributed by atoms with E-state index >= 15 is 0 Å². The summed E-state index contributed by atoms with van der Waals surface area (Å²) in [7, 11) is 1.78. The van der Waals surface area contributed by atoms with Gasteiger partial charge in [0.2, 0.25) is 0 Å². The normalized spacial score (nSPS) is 11.5. The van der Waals surface area contributed by atoms with E-state index in [1.165, 1.54) is 0 Å². The molecule has 0 atom stereocenters. The van der Waals surface area contributed by atoms with Gasteiger partial charge in [0.15, 0.2) is 0 Å². The first kappa shape index (κ1) is 16.5. The lowest BCUT2D eigenvalue weighted by molar-refractivity contribution is 0.850. The summed E-state index contributed by atoms with van der Waals surface area (Å²) in [5.74, 6) is 0. The zero-order chi connectivity index (χ0) is 19.4. The highest BCUT2D eigenvalue weighted by Crippen LogP contribution is 2.29. The molecule has 2 aromatic carbocycles. The number of rotatable bonds is 2. The van der Waals surface area contributed by atoms with Crippen molar-refractivity contribution in [2.75, 3.05) is 0 Å². The van der Waals surface area contributed by atoms with Crippen molar-refractivity contribution in [1.82, 2.24) is 24.4 Å². The summed E-state index contributed by atoms with van der Waals surface area (Å²) in [4.78, 5) is 12.9. The molecule has 0 fully saturated rings. The molecule has 0 aliphatic carbocycles. The Hall–Kier alpha value is -3.67. The number of nitrogens with one attached hydrogen (secondary N) is 1. The first-order valence-electron chi connectivity index (χ1n) is 9.14. The Bertz CT molecular complexity index is 1390. The lowest BCUT2D eigenvalue weighted by atomic mass is 10.0. The molecular weight excluding hydrogens is 350 g/mol. The Balaban J connectivity index is 1.85. The predicted molar refractivity (Wildman–Crippen MR) is 110 cm³/mol. The largest absolute Gasteiger partial charge is 0.296 e. The minimum atomic E-state index is -0.0331. The zero-order valence-electron chi connectivity index (χ0n) is 15.9. The summed E-state index contributed by atoms with van der Waals surface area (Å²) in [5.41, 5.74) is 7.38. The van der Waals surface area contributed by atoms with Gasteiger partial charge in [0.05, 0.1) is 22.3 Å². The van der Waals surface area contributed by atoms with E-state index in [0.29, 0.717) is 5.39 Å². The number of aromatic amines is 1. The van der Waals surface area contributed by atoms with Gasteiger partial charge in [0.1, 0.15) is 5.65 Å². The maximum atomic E-state index is 12.9. The fourth-order valence-electron chi connectivity index (χ4n) is 3.84. The fourth-order valence-corrected chi connectivity index (χ4v) is 3.84. The summed E-state index contributed by atoms with van der Waals surface area (Å²) < 4.78 is 3.50. The Morgan fingerprint density at radius 3 is 2.46 bits per heavy atom. The molecular formula is C22H19N5O. The second-order valence-corrected chi connectivity index (χ2v) is 7.07. The smallest absolute Gasteiger partial charge is 0.261 e. The maximum Gasteiger partial charge on any atom is 0.261 e. The lowest BCUT2D eigenvalue weighted by Crippen LogP contribution is -2.19. The van der Waals surface area contributed by atoms with E-state index in [2.05, 4.69) is 10.2 Å². The van der Waals surface area contributed by atoms with Crippen molar-refractivity contribution in [3.63, 3.8) is 0 Å². The summed E-state index contributed by atoms with van der Waals surface area (Å²) in [6.07, 6.45) is 0. The number of aromatic nitrogens is 5. The Labute approximate surface area is 161 Å². The third-order valence-corrected chi connectivity index (χ3v) is 5.28. The lowest BCUT2D eigenvalue weighted by Gasteiger charge is -2.08. The van der Waals surface area contributed by atoms with E-state index < -0.39 is 0 Å². The van der Waals surface area contributed by atoms with Gasteiger partial charge in [0, 0.05) is 29.9 Å². The van der Waals surface area contributed by atoms with Crippen molar-refractivity contribution in [3.05, 3.63) is 76.3 Å². The van der Waals surface area contributed by atoms with Gasteiger partial charge in [-0.1, -0.05) is 36.4 Å². The summed E-state index contributed by atoms with van der Waals surface area (Å²) >= 11 is 0. The topological polar surface area (TPSA) is 68.0 Å². The monoisotopic (exact) mass is 369 g/mol. The van der Waals surface area contributed by atoms with Crippen molar-refractivity contribution in [3.8, 4) is 22.4 Å². The molecule has 3 aromatic heterocycles. The molecule has 3 heterocycles. The van der Waals surface area contributed by atoms with Crippen LogP contribution in [0.15, 0.2) is 59.4 Å². The Kier molecular flexibility index (Phi) is 3.49. The van der Waals surface area contributed by atoms with Gasteiger partial charge in [-0.15, -0.1) is 0 Å². The Morgan fingerprint density at radius 2 is 1.75 bits per heavy atom. The number of H-pyrrole nitrogens is 1. The second kappa shape index (κ2) is 5.92. The molecule has 0 aliphatic heterocycles. The van der Waals surface area contributed by atoms with Crippen LogP contribution in [0, 0.1) is 13.8 Å². The van der Waals surface area contributed by atoms with Crippen molar-refractivity contribution < 1.29 is 0 Å². The molecule has 5 rings (SSSR count). The van der Waals surface area contributed by atoms with Crippen molar-refractivity contribution in [2.24, 2.45) is 7.05 Å². The van der Waals surface area contributed by atoms with Crippen LogP contribution in [0.3, 0.4) is 0 Å². The molecule has 1 N–H and O–H groups in total. The van der Waals surface area contributed by atoms with Gasteiger partial charge in [-0.2, -0.15) is 10.2 Å². The van der Waals surface area contributed by atoms with Gasteiger partial charge in [0.25, 0.3) is 5.56 Å². The molecule has 0 aliphatic rings. The van der Waals surface area contributed by atoms with Crippen molar-refractivity contribution in [2.45, 2.75) is 13.8 Å². The van der Waals surface area contributed by atoms with Crippen molar-refractivity contribution >= 4 is 16.6 Å². The third-order valence-electron chi connectivity index (χ3n) is 5.28. The highest BCUT2D eigenvalue weighted by molar-refractivity contribution is 5.87. The molecule has 28 heavy (non-hydrogen) atoms. The van der Waals surface area contributed by atoms with Crippen LogP contribution in [0.1, 0.15) is 11.4 Å². The van der Waals surface area contributed by atoms with Gasteiger partial charge < -0.3 is 0 Å². The van der Waals surface area contributed by atoms with Gasteiger partial charge in [-0.3, -0.25) is 14.5 Å². The summed E-state index contributed by atoms with van der Waals surface area (Å²) in [5, 5.41) is 12.8. The van der Waals surface area contributed by atoms with Gasteiger partial charge in [-0.05, 0) is 31.5 Å². The van der Waals surface area contributed by atoms with Crippen LogP contribution in [-0.4, -0.2) is 24.4 Å². The number of fused-ring (bicyclic) bond motifs is 3. The van der Waals surface area contributed by atoms with Gasteiger partial charge in [-0.25, -0.2) is 4.52 Å². The standard InChI is InChI=1S/C22H19N5O/c1-13-21(14(2)24-23-13)16-9-10-17-19(11-16)27-20(26(3)22(17)28)12-18(25-27)15-7-5-4-6-8-15/h4-12H,1-3H3,(H,23,24). The first-order chi connectivity index (χ1) is 13.5. The highest BCUT2D eigenvalue weighted by Gasteiger charge is 2.15. The fraction of sp³-hybridized carbons (Fsp3) is 0.136. The SMILES string of the molecule is Cc1n[nH]c(C)c1-c1ccc2c(=O)n(C)c3cc(-c4ccccc4)nn3c2c1. The number of nitrogens with zero attached hydrogens (tertiary/aromatic N) is 4. The zero-order valence-corrected chi connectivity index (χ0v) is 15.9. The first-order valence-corrected chi connectivity index (χ1v) is 9.14. The third kappa shape index (κ3) is 2.31. The van der Waals surface area contributed by atoms with E-state index in [1.54, 1.807) is 11.6 Å². The van der Waals surface area contributed by atoms with E-state index in [1.807, 2.05) is 73.0 Å². The van der Waals surface area contributed by atoms with Crippen LogP contribution in [-0.2, 0) is 7.05 Å². The number of benzene rings is 2. The van der Waals surface area contributed by atoms with Crippen LogP contribution in [0.4, 0.5) is 0 Å². The summed E-state index contributed by atoms with van der Waals surface area (Å²) in [6.45, 7) is 3.98. The van der Waals surface area contributed by atoms with Crippen LogP contribution in [0.5, 0.6) is 0 Å². The second-order valence-electron chi connectivity index (χ2n) is 7.07. The van der Waals surface area contributed by atoms with E-state index in [-0.39, 0.29) is 5.56 Å². The molecule has 0 spiro atoms. The molecule has 0 saturated heterocycles. The molecule has 138 valence electrons. The Morgan fingerprint density at radius 1 is 0.964 bits per heavy atom. The number of hydrogen-bond acceptors (Lipinski definition) is 3. The van der Waals surface area contributed by atoms with E-state index in [4.69, 9.17) is 5.10 Å². The van der Waals surface area contributed by atoms with E-state index in [0.717, 1.165) is 44.9 Å². The van der Waals surface area contributed by atoms with Crippen LogP contribution >= 0.6 is 0 Å². The average molecular weight is 369 g/mol. The molecule has 0 amide bonds. The number of hydrogen-bond donors (Lipinski definition) is 1.